The highest BCUT2D eigenvalue weighted by atomic mass is 32.2. The lowest BCUT2D eigenvalue weighted by Crippen LogP contribution is -2.47. The monoisotopic (exact) mass is 265 g/mol. The zero-order valence-electron chi connectivity index (χ0n) is 10.9. The summed E-state index contributed by atoms with van der Waals surface area (Å²) in [6.45, 7) is 4.23. The van der Waals surface area contributed by atoms with Crippen molar-refractivity contribution in [2.75, 3.05) is 30.9 Å². The van der Waals surface area contributed by atoms with Gasteiger partial charge in [-0.2, -0.15) is 0 Å². The van der Waals surface area contributed by atoms with Crippen molar-refractivity contribution in [2.24, 2.45) is 5.92 Å². The fourth-order valence-corrected chi connectivity index (χ4v) is 2.57. The maximum atomic E-state index is 11.3. The minimum absolute atomic E-state index is 0.0696. The third-order valence-corrected chi connectivity index (χ3v) is 3.90. The van der Waals surface area contributed by atoms with E-state index >= 15 is 0 Å². The molecule has 2 rings (SSSR count). The van der Waals surface area contributed by atoms with E-state index in [0.29, 0.717) is 18.9 Å². The van der Waals surface area contributed by atoms with Gasteiger partial charge in [0.2, 0.25) is 0 Å². The summed E-state index contributed by atoms with van der Waals surface area (Å²) in [6.07, 6.45) is 2.63. The van der Waals surface area contributed by atoms with Crippen LogP contribution in [-0.2, 0) is 9.53 Å². The van der Waals surface area contributed by atoms with Crippen LogP contribution in [0.2, 0.25) is 0 Å². The number of carbonyl (C=O) groups is 1. The first-order chi connectivity index (χ1) is 8.72. The molecule has 0 aliphatic carbocycles. The first-order valence-corrected chi connectivity index (χ1v) is 7.50. The smallest absolute Gasteiger partial charge is 0.306 e. The quantitative estimate of drug-likeness (QED) is 0.605. The zero-order chi connectivity index (χ0) is 13.0. The molecule has 0 bridgehead atoms. The Morgan fingerprint density at radius 3 is 2.61 bits per heavy atom. The molecule has 1 aliphatic rings. The van der Waals surface area contributed by atoms with E-state index < -0.39 is 0 Å². The molecule has 0 unspecified atom stereocenters. The molecule has 0 saturated carbocycles. The number of ether oxygens (including phenoxy) is 1. The number of hydrogen-bond donors (Lipinski definition) is 0. The van der Waals surface area contributed by atoms with E-state index in [1.807, 2.05) is 6.92 Å². The predicted octanol–water partition coefficient (Wildman–Crippen LogP) is 2.80. The van der Waals surface area contributed by atoms with Gasteiger partial charge < -0.3 is 9.64 Å². The van der Waals surface area contributed by atoms with E-state index in [9.17, 15) is 4.79 Å². The lowest BCUT2D eigenvalue weighted by Gasteiger charge is -2.40. The van der Waals surface area contributed by atoms with Crippen molar-refractivity contribution >= 4 is 23.4 Å². The van der Waals surface area contributed by atoms with Crippen LogP contribution in [0.1, 0.15) is 13.3 Å². The molecule has 0 radical (unpaired) electrons. The number of nitrogens with zero attached hydrogens (tertiary/aromatic N) is 1. The van der Waals surface area contributed by atoms with Crippen LogP contribution in [0, 0.1) is 5.92 Å². The van der Waals surface area contributed by atoms with Gasteiger partial charge in [0.1, 0.15) is 0 Å². The molecule has 0 aromatic heterocycles. The van der Waals surface area contributed by atoms with Gasteiger partial charge in [-0.3, -0.25) is 4.79 Å². The van der Waals surface area contributed by atoms with E-state index in [1.54, 1.807) is 11.8 Å². The van der Waals surface area contributed by atoms with E-state index in [-0.39, 0.29) is 5.97 Å². The Hall–Kier alpha value is -1.16. The molecule has 18 heavy (non-hydrogen) atoms. The van der Waals surface area contributed by atoms with Crippen LogP contribution in [0.3, 0.4) is 0 Å². The Labute approximate surface area is 113 Å². The third-order valence-electron chi connectivity index (χ3n) is 3.16. The SMILES string of the molecule is CCOC(=O)CC1CN(c2ccc(SC)cc2)C1. The molecule has 0 amide bonds. The average Bonchev–Trinajstić information content (AvgIpc) is 2.34. The Morgan fingerprint density at radius 1 is 1.39 bits per heavy atom. The molecule has 1 aromatic carbocycles. The van der Waals surface area contributed by atoms with Gasteiger partial charge in [-0.1, -0.05) is 0 Å². The topological polar surface area (TPSA) is 29.5 Å². The lowest BCUT2D eigenvalue weighted by atomic mass is 9.95. The van der Waals surface area contributed by atoms with Crippen molar-refractivity contribution in [3.8, 4) is 0 Å². The van der Waals surface area contributed by atoms with E-state index in [4.69, 9.17) is 4.74 Å². The van der Waals surface area contributed by atoms with Crippen LogP contribution in [-0.4, -0.2) is 31.9 Å². The normalized spacial score (nSPS) is 15.3. The Kier molecular flexibility index (Phi) is 4.53. The Balaban J connectivity index is 1.79. The van der Waals surface area contributed by atoms with Crippen LogP contribution < -0.4 is 4.90 Å². The molecular formula is C14H19NO2S. The Bertz CT molecular complexity index is 399. The number of hydrogen-bond acceptors (Lipinski definition) is 4. The maximum absolute atomic E-state index is 11.3. The summed E-state index contributed by atoms with van der Waals surface area (Å²) in [7, 11) is 0. The van der Waals surface area contributed by atoms with Gasteiger partial charge in [0.15, 0.2) is 0 Å². The van der Waals surface area contributed by atoms with Crippen molar-refractivity contribution < 1.29 is 9.53 Å². The van der Waals surface area contributed by atoms with Crippen molar-refractivity contribution in [1.29, 1.82) is 0 Å². The van der Waals surface area contributed by atoms with Crippen LogP contribution >= 0.6 is 11.8 Å². The minimum atomic E-state index is -0.0696. The number of anilines is 1. The summed E-state index contributed by atoms with van der Waals surface area (Å²) < 4.78 is 4.96. The van der Waals surface area contributed by atoms with Crippen molar-refractivity contribution in [2.45, 2.75) is 18.2 Å². The van der Waals surface area contributed by atoms with E-state index in [2.05, 4.69) is 35.4 Å². The summed E-state index contributed by atoms with van der Waals surface area (Å²) in [5.41, 5.74) is 1.24. The summed E-state index contributed by atoms with van der Waals surface area (Å²) in [6, 6.07) is 8.57. The first kappa shape index (κ1) is 13.3. The van der Waals surface area contributed by atoms with Crippen LogP contribution in [0.5, 0.6) is 0 Å². The highest BCUT2D eigenvalue weighted by Gasteiger charge is 2.29. The summed E-state index contributed by atoms with van der Waals surface area (Å²) in [5, 5.41) is 0. The number of rotatable bonds is 5. The molecule has 3 nitrogen and oxygen atoms in total. The number of carbonyl (C=O) groups excluding carboxylic acids is 1. The fraction of sp³-hybridized carbons (Fsp3) is 0.500. The van der Waals surface area contributed by atoms with Gasteiger partial charge >= 0.3 is 5.97 Å². The van der Waals surface area contributed by atoms with Crippen molar-refractivity contribution in [1.82, 2.24) is 0 Å². The molecule has 0 N–H and O–H groups in total. The third kappa shape index (κ3) is 3.19. The van der Waals surface area contributed by atoms with Gasteiger partial charge in [-0.15, -0.1) is 11.8 Å². The molecule has 4 heteroatoms. The number of benzene rings is 1. The zero-order valence-corrected chi connectivity index (χ0v) is 11.7. The van der Waals surface area contributed by atoms with E-state index in [0.717, 1.165) is 13.1 Å². The summed E-state index contributed by atoms with van der Waals surface area (Å²) in [5.74, 6) is 0.379. The average molecular weight is 265 g/mol. The van der Waals surface area contributed by atoms with Gasteiger partial charge in [-0.25, -0.2) is 0 Å². The van der Waals surface area contributed by atoms with Crippen LogP contribution in [0.15, 0.2) is 29.2 Å². The molecule has 1 heterocycles. The molecule has 98 valence electrons. The highest BCUT2D eigenvalue weighted by molar-refractivity contribution is 7.98. The highest BCUT2D eigenvalue weighted by Crippen LogP contribution is 2.28. The second-order valence-electron chi connectivity index (χ2n) is 4.48. The lowest BCUT2D eigenvalue weighted by molar-refractivity contribution is -0.144. The molecule has 1 fully saturated rings. The number of thioether (sulfide) groups is 1. The van der Waals surface area contributed by atoms with Crippen LogP contribution in [0.4, 0.5) is 5.69 Å². The molecule has 0 spiro atoms. The Morgan fingerprint density at radius 2 is 2.06 bits per heavy atom. The van der Waals surface area contributed by atoms with Gasteiger partial charge in [0.25, 0.3) is 0 Å². The van der Waals surface area contributed by atoms with E-state index in [1.165, 1.54) is 10.6 Å². The summed E-state index contributed by atoms with van der Waals surface area (Å²) >= 11 is 1.75. The summed E-state index contributed by atoms with van der Waals surface area (Å²) in [4.78, 5) is 14.9. The molecule has 1 aromatic rings. The largest absolute Gasteiger partial charge is 0.466 e. The predicted molar refractivity (Wildman–Crippen MR) is 75.2 cm³/mol. The molecular weight excluding hydrogens is 246 g/mol. The van der Waals surface area contributed by atoms with Gasteiger partial charge in [0.05, 0.1) is 13.0 Å². The second-order valence-corrected chi connectivity index (χ2v) is 5.36. The maximum Gasteiger partial charge on any atom is 0.306 e. The second kappa shape index (κ2) is 6.14. The van der Waals surface area contributed by atoms with Crippen molar-refractivity contribution in [3.05, 3.63) is 24.3 Å². The van der Waals surface area contributed by atoms with Gasteiger partial charge in [0, 0.05) is 29.6 Å². The van der Waals surface area contributed by atoms with Crippen molar-refractivity contribution in [3.63, 3.8) is 0 Å². The standard InChI is InChI=1S/C14H19NO2S/c1-3-17-14(16)8-11-9-15(10-11)12-4-6-13(18-2)7-5-12/h4-7,11H,3,8-10H2,1-2H3. The van der Waals surface area contributed by atoms with Gasteiger partial charge in [-0.05, 0) is 37.4 Å². The molecule has 1 aliphatic heterocycles. The molecule has 1 saturated heterocycles. The fourth-order valence-electron chi connectivity index (χ4n) is 2.16. The number of esters is 1. The minimum Gasteiger partial charge on any atom is -0.466 e. The first-order valence-electron chi connectivity index (χ1n) is 6.27. The van der Waals surface area contributed by atoms with Crippen LogP contribution in [0.25, 0.3) is 0 Å². The molecule has 0 atom stereocenters.